The van der Waals surface area contributed by atoms with Crippen molar-refractivity contribution in [3.05, 3.63) is 79.7 Å². The Kier molecular flexibility index (Phi) is 8.01. The lowest BCUT2D eigenvalue weighted by molar-refractivity contribution is -0.0999. The first-order valence-electron chi connectivity index (χ1n) is 11.3. The smallest absolute Gasteiger partial charge is 0.295 e. The van der Waals surface area contributed by atoms with Crippen LogP contribution in [-0.2, 0) is 0 Å². The van der Waals surface area contributed by atoms with E-state index in [-0.39, 0.29) is 21.7 Å². The molecule has 0 spiro atoms. The first kappa shape index (κ1) is 27.1. The molecule has 0 aliphatic heterocycles. The van der Waals surface area contributed by atoms with Crippen LogP contribution in [0, 0.1) is 11.7 Å². The van der Waals surface area contributed by atoms with E-state index < -0.39 is 42.1 Å². The van der Waals surface area contributed by atoms with Crippen molar-refractivity contribution in [1.82, 2.24) is 24.5 Å². The van der Waals surface area contributed by atoms with Gasteiger partial charge in [0, 0.05) is 11.8 Å². The quantitative estimate of drug-likeness (QED) is 0.124. The van der Waals surface area contributed by atoms with Crippen LogP contribution in [0.15, 0.2) is 63.1 Å². The van der Waals surface area contributed by atoms with Crippen LogP contribution in [0.5, 0.6) is 0 Å². The van der Waals surface area contributed by atoms with Crippen LogP contribution in [0.4, 0.5) is 5.69 Å². The number of rotatable bonds is 8. The van der Waals surface area contributed by atoms with Crippen molar-refractivity contribution in [1.29, 1.82) is 0 Å². The molecular formula is C24H24N6O7S. The summed E-state index contributed by atoms with van der Waals surface area (Å²) in [4.78, 5) is 35.1. The molecule has 198 valence electrons. The first-order valence-corrected chi connectivity index (χ1v) is 11.7. The summed E-state index contributed by atoms with van der Waals surface area (Å²) in [6, 6.07) is 12.9. The number of fused-ring (bicyclic) bond motifs is 1. The molecular weight excluding hydrogens is 516 g/mol. The number of aliphatic hydroxyl groups excluding tert-OH is 5. The van der Waals surface area contributed by atoms with E-state index >= 15 is 0 Å². The fraction of sp³-hybridized carbons (Fsp3) is 0.250. The second kappa shape index (κ2) is 11.2. The van der Waals surface area contributed by atoms with Gasteiger partial charge in [-0.25, -0.2) is 4.98 Å². The van der Waals surface area contributed by atoms with Gasteiger partial charge >= 0.3 is 0 Å². The van der Waals surface area contributed by atoms with Gasteiger partial charge in [0.2, 0.25) is 4.77 Å². The molecule has 2 aromatic heterocycles. The highest BCUT2D eigenvalue weighted by Crippen LogP contribution is 2.22. The van der Waals surface area contributed by atoms with Crippen molar-refractivity contribution >= 4 is 35.0 Å². The summed E-state index contributed by atoms with van der Waals surface area (Å²) in [5, 5.41) is 54.7. The Hall–Kier alpha value is -3.92. The van der Waals surface area contributed by atoms with Gasteiger partial charge in [-0.3, -0.25) is 19.7 Å². The van der Waals surface area contributed by atoms with E-state index in [4.69, 9.17) is 17.3 Å². The maximum absolute atomic E-state index is 13.5. The maximum Gasteiger partial charge on any atom is 0.295 e. The SMILES string of the molecule is Cc1n[nH]c(=S)n(-n2c(-c3ccc(N=CC(O)C(O)C(O)C(O)CO)cc3)nc3ccccc3c2=O)c1=O. The lowest BCUT2D eigenvalue weighted by Gasteiger charge is -2.23. The Morgan fingerprint density at radius 1 is 1.00 bits per heavy atom. The lowest BCUT2D eigenvalue weighted by Crippen LogP contribution is -2.46. The van der Waals surface area contributed by atoms with Gasteiger partial charge in [-0.05, 0) is 55.5 Å². The lowest BCUT2D eigenvalue weighted by atomic mass is 10.0. The van der Waals surface area contributed by atoms with E-state index in [2.05, 4.69) is 20.2 Å². The molecule has 0 saturated carbocycles. The highest BCUT2D eigenvalue weighted by atomic mass is 32.1. The summed E-state index contributed by atoms with van der Waals surface area (Å²) in [5.74, 6) is 0.119. The highest BCUT2D eigenvalue weighted by Gasteiger charge is 2.29. The van der Waals surface area contributed by atoms with E-state index in [9.17, 15) is 30.0 Å². The molecule has 0 aliphatic carbocycles. The molecule has 0 fully saturated rings. The Balaban J connectivity index is 1.77. The Morgan fingerprint density at radius 2 is 1.68 bits per heavy atom. The maximum atomic E-state index is 13.5. The largest absolute Gasteiger partial charge is 0.394 e. The van der Waals surface area contributed by atoms with Crippen molar-refractivity contribution < 1.29 is 25.5 Å². The summed E-state index contributed by atoms with van der Waals surface area (Å²) in [6.07, 6.45) is -5.88. The molecule has 2 aromatic carbocycles. The van der Waals surface area contributed by atoms with Gasteiger partial charge in [0.1, 0.15) is 30.1 Å². The van der Waals surface area contributed by atoms with Crippen LogP contribution < -0.4 is 11.1 Å². The molecule has 0 aliphatic rings. The van der Waals surface area contributed by atoms with Crippen LogP contribution >= 0.6 is 12.2 Å². The molecule has 4 aromatic rings. The fourth-order valence-electron chi connectivity index (χ4n) is 3.63. The molecule has 2 heterocycles. The van der Waals surface area contributed by atoms with Gasteiger partial charge in [-0.2, -0.15) is 14.5 Å². The monoisotopic (exact) mass is 540 g/mol. The second-order valence-corrected chi connectivity index (χ2v) is 8.73. The number of aromatic amines is 1. The third-order valence-corrected chi connectivity index (χ3v) is 6.01. The molecule has 38 heavy (non-hydrogen) atoms. The van der Waals surface area contributed by atoms with E-state index in [0.29, 0.717) is 16.8 Å². The summed E-state index contributed by atoms with van der Waals surface area (Å²) < 4.78 is 1.96. The molecule has 4 rings (SSSR count). The van der Waals surface area contributed by atoms with Gasteiger partial charge in [-0.1, -0.05) is 12.1 Å². The molecule has 13 nitrogen and oxygen atoms in total. The summed E-state index contributed by atoms with van der Waals surface area (Å²) in [7, 11) is 0. The van der Waals surface area contributed by atoms with Crippen molar-refractivity contribution in [2.24, 2.45) is 4.99 Å². The number of aryl methyl sites for hydroxylation is 1. The van der Waals surface area contributed by atoms with Crippen LogP contribution in [0.3, 0.4) is 0 Å². The van der Waals surface area contributed by atoms with Gasteiger partial charge in [0.15, 0.2) is 5.82 Å². The number of aliphatic hydroxyl groups is 5. The van der Waals surface area contributed by atoms with Crippen molar-refractivity contribution in [2.45, 2.75) is 31.3 Å². The normalized spacial score (nSPS) is 15.0. The molecule has 0 amide bonds. The molecule has 14 heteroatoms. The van der Waals surface area contributed by atoms with Gasteiger partial charge < -0.3 is 25.5 Å². The van der Waals surface area contributed by atoms with Crippen LogP contribution in [0.2, 0.25) is 0 Å². The fourth-order valence-corrected chi connectivity index (χ4v) is 3.85. The van der Waals surface area contributed by atoms with Gasteiger partial charge in [0.25, 0.3) is 11.1 Å². The Bertz CT molecular complexity index is 1660. The number of aromatic nitrogens is 5. The minimum Gasteiger partial charge on any atom is -0.394 e. The van der Waals surface area contributed by atoms with E-state index in [1.807, 2.05) is 0 Å². The molecule has 4 atom stereocenters. The molecule has 0 radical (unpaired) electrons. The molecule has 6 N–H and O–H groups in total. The molecule has 0 bridgehead atoms. The van der Waals surface area contributed by atoms with E-state index in [1.165, 1.54) is 19.1 Å². The number of hydrogen-bond donors (Lipinski definition) is 6. The third-order valence-electron chi connectivity index (χ3n) is 5.75. The minimum atomic E-state index is -1.79. The first-order chi connectivity index (χ1) is 18.1. The Labute approximate surface area is 219 Å². The van der Waals surface area contributed by atoms with Crippen molar-refractivity contribution in [2.75, 3.05) is 6.61 Å². The zero-order chi connectivity index (χ0) is 27.6. The summed E-state index contributed by atoms with van der Waals surface area (Å²) >= 11 is 5.26. The zero-order valence-corrected chi connectivity index (χ0v) is 20.7. The topological polar surface area (TPSA) is 199 Å². The number of hydrogen-bond acceptors (Lipinski definition) is 11. The van der Waals surface area contributed by atoms with Crippen LogP contribution in [-0.4, -0.2) is 87.3 Å². The van der Waals surface area contributed by atoms with E-state index in [0.717, 1.165) is 15.6 Å². The van der Waals surface area contributed by atoms with Crippen molar-refractivity contribution in [3.63, 3.8) is 0 Å². The summed E-state index contributed by atoms with van der Waals surface area (Å²) in [5.41, 5.74) is 0.134. The number of aliphatic imine (C=N–C) groups is 1. The number of nitrogens with zero attached hydrogens (tertiary/aromatic N) is 5. The van der Waals surface area contributed by atoms with Gasteiger partial charge in [-0.15, -0.1) is 0 Å². The predicted molar refractivity (Wildman–Crippen MR) is 140 cm³/mol. The summed E-state index contributed by atoms with van der Waals surface area (Å²) in [6.45, 7) is 0.679. The Morgan fingerprint density at radius 3 is 2.37 bits per heavy atom. The van der Waals surface area contributed by atoms with Crippen LogP contribution in [0.1, 0.15) is 5.69 Å². The standard InChI is InChI=1S/C24H24N6O7S/c1-12-22(36)30(24(38)28-27-12)29-21(26-16-5-3-2-4-15(16)23(29)37)13-6-8-14(9-7-13)25-10-17(32)19(34)20(35)18(33)11-31/h2-10,17-20,31-35H,11H2,1H3,(H,28,38). The zero-order valence-electron chi connectivity index (χ0n) is 19.9. The second-order valence-electron chi connectivity index (χ2n) is 8.35. The number of para-hydroxylation sites is 1. The predicted octanol–water partition coefficient (Wildman–Crippen LogP) is -0.564. The number of benzene rings is 2. The average molecular weight is 541 g/mol. The van der Waals surface area contributed by atoms with Crippen LogP contribution in [0.25, 0.3) is 22.3 Å². The minimum absolute atomic E-state index is 0.0895. The van der Waals surface area contributed by atoms with Crippen molar-refractivity contribution in [3.8, 4) is 11.4 Å². The van der Waals surface area contributed by atoms with Gasteiger partial charge in [0.05, 0.1) is 23.2 Å². The van der Waals surface area contributed by atoms with E-state index in [1.54, 1.807) is 36.4 Å². The third kappa shape index (κ3) is 5.22. The number of nitrogens with one attached hydrogen (secondary N) is 1. The molecule has 4 unspecified atom stereocenters. The average Bonchev–Trinajstić information content (AvgIpc) is 2.93. The number of H-pyrrole nitrogens is 1. The molecule has 0 saturated heterocycles. The highest BCUT2D eigenvalue weighted by molar-refractivity contribution is 7.71.